The first-order valence-electron chi connectivity index (χ1n) is 4.25. The van der Waals surface area contributed by atoms with Crippen LogP contribution in [-0.4, -0.2) is 22.4 Å². The van der Waals surface area contributed by atoms with Crippen molar-refractivity contribution in [2.24, 2.45) is 0 Å². The third kappa shape index (κ3) is 3.63. The number of alkyl halides is 6. The molecular formula is C8H3F6NO4. The molecule has 0 amide bonds. The third-order valence-electron chi connectivity index (χ3n) is 1.73. The second-order valence-electron chi connectivity index (χ2n) is 3.10. The van der Waals surface area contributed by atoms with Gasteiger partial charge in [0.05, 0.1) is 0 Å². The van der Waals surface area contributed by atoms with Gasteiger partial charge in [0.2, 0.25) is 5.56 Å². The van der Waals surface area contributed by atoms with Crippen LogP contribution in [0.1, 0.15) is 16.1 Å². The Bertz CT molecular complexity index is 558. The van der Waals surface area contributed by atoms with Gasteiger partial charge in [-0.05, 0) is 0 Å². The highest BCUT2D eigenvalue weighted by atomic mass is 19.4. The van der Waals surface area contributed by atoms with E-state index in [-0.39, 0.29) is 6.07 Å². The highest BCUT2D eigenvalue weighted by Crippen LogP contribution is 2.38. The van der Waals surface area contributed by atoms with Gasteiger partial charge < -0.3 is 14.8 Å². The van der Waals surface area contributed by atoms with Crippen LogP contribution < -0.4 is 10.3 Å². The SMILES string of the molecule is O=C(O)c1cc(=O)[nH]c(C(F)(F)F)c1OC(F)(F)F. The van der Waals surface area contributed by atoms with Gasteiger partial charge in [-0.15, -0.1) is 13.2 Å². The maximum atomic E-state index is 12.4. The van der Waals surface area contributed by atoms with Crippen LogP contribution in [0, 0.1) is 0 Å². The molecule has 0 spiro atoms. The van der Waals surface area contributed by atoms with Crippen molar-refractivity contribution in [3.8, 4) is 5.75 Å². The number of carboxylic acid groups (broad SMARTS) is 1. The average molecular weight is 291 g/mol. The number of hydrogen-bond acceptors (Lipinski definition) is 3. The minimum atomic E-state index is -5.55. The molecule has 11 heteroatoms. The number of nitrogens with one attached hydrogen (secondary N) is 1. The zero-order valence-corrected chi connectivity index (χ0v) is 8.52. The largest absolute Gasteiger partial charge is 0.573 e. The number of rotatable bonds is 2. The van der Waals surface area contributed by atoms with Crippen LogP contribution >= 0.6 is 0 Å². The second kappa shape index (κ2) is 4.48. The summed E-state index contributed by atoms with van der Waals surface area (Å²) in [5.74, 6) is -4.19. The molecule has 1 rings (SSSR count). The summed E-state index contributed by atoms with van der Waals surface area (Å²) in [6.45, 7) is 0. The van der Waals surface area contributed by atoms with E-state index in [0.29, 0.717) is 0 Å². The van der Waals surface area contributed by atoms with E-state index in [9.17, 15) is 35.9 Å². The van der Waals surface area contributed by atoms with Gasteiger partial charge in [-0.1, -0.05) is 0 Å². The van der Waals surface area contributed by atoms with Crippen LogP contribution in [0.4, 0.5) is 26.3 Å². The predicted octanol–water partition coefficient (Wildman–Crippen LogP) is 1.99. The quantitative estimate of drug-likeness (QED) is 0.817. The van der Waals surface area contributed by atoms with Gasteiger partial charge in [0.15, 0.2) is 11.4 Å². The maximum absolute atomic E-state index is 12.4. The summed E-state index contributed by atoms with van der Waals surface area (Å²) in [4.78, 5) is 22.5. The molecular weight excluding hydrogens is 288 g/mol. The van der Waals surface area contributed by atoms with Crippen LogP contribution in [0.25, 0.3) is 0 Å². The highest BCUT2D eigenvalue weighted by Gasteiger charge is 2.42. The molecule has 0 radical (unpaired) electrons. The molecule has 0 aliphatic heterocycles. The summed E-state index contributed by atoms with van der Waals surface area (Å²) in [6, 6.07) is 0.0542. The van der Waals surface area contributed by atoms with Crippen molar-refractivity contribution < 1.29 is 41.0 Å². The molecule has 5 nitrogen and oxygen atoms in total. The van der Waals surface area contributed by atoms with E-state index in [1.807, 2.05) is 0 Å². The number of hydrogen-bond donors (Lipinski definition) is 2. The molecule has 1 aromatic heterocycles. The lowest BCUT2D eigenvalue weighted by atomic mass is 10.2. The molecule has 106 valence electrons. The van der Waals surface area contributed by atoms with Crippen LogP contribution in [0.3, 0.4) is 0 Å². The van der Waals surface area contributed by atoms with Gasteiger partial charge in [0.1, 0.15) is 5.56 Å². The van der Waals surface area contributed by atoms with E-state index < -0.39 is 41.1 Å². The standard InChI is InChI=1S/C8H3F6NO4/c9-7(10,11)5-4(19-8(12,13)14)2(6(17)18)1-3(16)15-5/h1H,(H,15,16)(H,17,18). The number of pyridine rings is 1. The van der Waals surface area contributed by atoms with Gasteiger partial charge in [0, 0.05) is 6.07 Å². The lowest BCUT2D eigenvalue weighted by Crippen LogP contribution is -2.26. The number of halogens is 6. The van der Waals surface area contributed by atoms with Gasteiger partial charge in [-0.3, -0.25) is 4.79 Å². The monoisotopic (exact) mass is 291 g/mol. The molecule has 0 bridgehead atoms. The number of aromatic carboxylic acids is 1. The lowest BCUT2D eigenvalue weighted by Gasteiger charge is -2.16. The first-order chi connectivity index (χ1) is 8.42. The van der Waals surface area contributed by atoms with Crippen molar-refractivity contribution in [3.63, 3.8) is 0 Å². The molecule has 0 atom stereocenters. The van der Waals surface area contributed by atoms with Gasteiger partial charge in [-0.25, -0.2) is 4.79 Å². The van der Waals surface area contributed by atoms with Crippen LogP contribution in [0.15, 0.2) is 10.9 Å². The fourth-order valence-electron chi connectivity index (χ4n) is 1.13. The minimum Gasteiger partial charge on any atom is -0.478 e. The Morgan fingerprint density at radius 3 is 2.11 bits per heavy atom. The Morgan fingerprint density at radius 1 is 1.21 bits per heavy atom. The van der Waals surface area contributed by atoms with Crippen molar-refractivity contribution >= 4 is 5.97 Å². The number of aromatic nitrogens is 1. The first kappa shape index (κ1) is 14.9. The van der Waals surface area contributed by atoms with Gasteiger partial charge in [0.25, 0.3) is 0 Å². The fourth-order valence-corrected chi connectivity index (χ4v) is 1.13. The molecule has 19 heavy (non-hydrogen) atoms. The second-order valence-corrected chi connectivity index (χ2v) is 3.10. The summed E-state index contributed by atoms with van der Waals surface area (Å²) in [5.41, 5.74) is -5.30. The molecule has 0 saturated heterocycles. The number of aromatic amines is 1. The molecule has 0 fully saturated rings. The smallest absolute Gasteiger partial charge is 0.478 e. The summed E-state index contributed by atoms with van der Waals surface area (Å²) < 4.78 is 76.3. The number of carboxylic acids is 1. The van der Waals surface area contributed by atoms with Crippen molar-refractivity contribution in [1.29, 1.82) is 0 Å². The Labute approximate surface area is 99.0 Å². The molecule has 0 saturated carbocycles. The first-order valence-corrected chi connectivity index (χ1v) is 4.25. The van der Waals surface area contributed by atoms with Crippen LogP contribution in [0.5, 0.6) is 5.75 Å². The Morgan fingerprint density at radius 2 is 1.74 bits per heavy atom. The zero-order valence-electron chi connectivity index (χ0n) is 8.52. The van der Waals surface area contributed by atoms with Crippen molar-refractivity contribution in [2.75, 3.05) is 0 Å². The van der Waals surface area contributed by atoms with Crippen molar-refractivity contribution in [3.05, 3.63) is 27.7 Å². The molecule has 0 aliphatic carbocycles. The molecule has 0 aromatic carbocycles. The summed E-state index contributed by atoms with van der Waals surface area (Å²) in [5, 5.41) is 8.51. The predicted molar refractivity (Wildman–Crippen MR) is 45.7 cm³/mol. The third-order valence-corrected chi connectivity index (χ3v) is 1.73. The Hall–Kier alpha value is -2.20. The zero-order chi connectivity index (χ0) is 15.0. The molecule has 1 aromatic rings. The fraction of sp³-hybridized carbons (Fsp3) is 0.250. The molecule has 1 heterocycles. The van der Waals surface area contributed by atoms with E-state index >= 15 is 0 Å². The van der Waals surface area contributed by atoms with E-state index in [1.54, 1.807) is 0 Å². The summed E-state index contributed by atoms with van der Waals surface area (Å²) in [7, 11) is 0. The maximum Gasteiger partial charge on any atom is 0.573 e. The highest BCUT2D eigenvalue weighted by molar-refractivity contribution is 5.91. The molecule has 0 aliphatic rings. The normalized spacial score (nSPS) is 12.3. The Balaban J connectivity index is 3.62. The molecule has 0 unspecified atom stereocenters. The van der Waals surface area contributed by atoms with E-state index in [4.69, 9.17) is 5.11 Å². The van der Waals surface area contributed by atoms with Crippen LogP contribution in [-0.2, 0) is 6.18 Å². The number of carbonyl (C=O) groups is 1. The van der Waals surface area contributed by atoms with E-state index in [0.717, 1.165) is 4.98 Å². The van der Waals surface area contributed by atoms with Crippen molar-refractivity contribution in [1.82, 2.24) is 4.98 Å². The minimum absolute atomic E-state index is 0.0542. The summed E-state index contributed by atoms with van der Waals surface area (Å²) >= 11 is 0. The lowest BCUT2D eigenvalue weighted by molar-refractivity contribution is -0.276. The van der Waals surface area contributed by atoms with Gasteiger partial charge >= 0.3 is 18.5 Å². The number of H-pyrrole nitrogens is 1. The topological polar surface area (TPSA) is 79.4 Å². The Kier molecular flexibility index (Phi) is 3.50. The van der Waals surface area contributed by atoms with Gasteiger partial charge in [-0.2, -0.15) is 13.2 Å². The average Bonchev–Trinajstić information content (AvgIpc) is 2.16. The molecule has 2 N–H and O–H groups in total. The van der Waals surface area contributed by atoms with Crippen LogP contribution in [0.2, 0.25) is 0 Å². The van der Waals surface area contributed by atoms with E-state index in [1.165, 1.54) is 0 Å². The van der Waals surface area contributed by atoms with Crippen molar-refractivity contribution in [2.45, 2.75) is 12.5 Å². The number of ether oxygens (including phenoxy) is 1. The summed E-state index contributed by atoms with van der Waals surface area (Å²) in [6.07, 6.45) is -11.0. The van der Waals surface area contributed by atoms with E-state index in [2.05, 4.69) is 4.74 Å².